The topological polar surface area (TPSA) is 124 Å². The van der Waals surface area contributed by atoms with Crippen LogP contribution in [0.25, 0.3) is 11.5 Å². The van der Waals surface area contributed by atoms with E-state index in [2.05, 4.69) is 14.5 Å². The fraction of sp³-hybridized carbons (Fsp3) is 0.250. The zero-order valence-corrected chi connectivity index (χ0v) is 15.6. The minimum atomic E-state index is -3.79. The first-order valence-electron chi connectivity index (χ1n) is 7.71. The van der Waals surface area contributed by atoms with Crippen molar-refractivity contribution in [1.82, 2.24) is 14.4 Å². The van der Waals surface area contributed by atoms with Gasteiger partial charge in [-0.1, -0.05) is 17.3 Å². The van der Waals surface area contributed by atoms with Crippen molar-refractivity contribution in [2.75, 3.05) is 14.2 Å². The Bertz CT molecular complexity index is 1040. The molecule has 0 N–H and O–H groups in total. The molecule has 1 aromatic carbocycles. The molecule has 0 radical (unpaired) electrons. The van der Waals surface area contributed by atoms with Crippen LogP contribution in [0.3, 0.4) is 0 Å². The van der Waals surface area contributed by atoms with E-state index < -0.39 is 16.2 Å². The monoisotopic (exact) mass is 392 g/mol. The van der Waals surface area contributed by atoms with Gasteiger partial charge in [-0.15, -0.1) is 4.40 Å². The first-order chi connectivity index (χ1) is 12.8. The molecule has 1 aliphatic rings. The van der Waals surface area contributed by atoms with Gasteiger partial charge in [0, 0.05) is 13.2 Å². The molecule has 0 fully saturated rings. The standard InChI is InChI=1S/C16H16N4O6S/c1-10-12(8-20(2)27(22,23)19-10)16(21)25-9-14-17-15(26-18-14)11-6-4-5-7-13(11)24-3/h4-8H,9H2,1-3H3. The van der Waals surface area contributed by atoms with Gasteiger partial charge in [-0.05, 0) is 19.1 Å². The highest BCUT2D eigenvalue weighted by Crippen LogP contribution is 2.28. The van der Waals surface area contributed by atoms with Crippen molar-refractivity contribution >= 4 is 21.9 Å². The van der Waals surface area contributed by atoms with Crippen LogP contribution in [0.5, 0.6) is 5.75 Å². The molecule has 0 saturated carbocycles. The Morgan fingerprint density at radius 1 is 1.30 bits per heavy atom. The summed E-state index contributed by atoms with van der Waals surface area (Å²) in [5.74, 6) is 0.185. The van der Waals surface area contributed by atoms with Crippen LogP contribution in [-0.4, -0.2) is 48.7 Å². The van der Waals surface area contributed by atoms with Crippen molar-refractivity contribution in [3.05, 3.63) is 41.9 Å². The van der Waals surface area contributed by atoms with Gasteiger partial charge in [0.25, 0.3) is 5.89 Å². The number of benzene rings is 1. The third-order valence-electron chi connectivity index (χ3n) is 3.67. The Morgan fingerprint density at radius 2 is 2.04 bits per heavy atom. The van der Waals surface area contributed by atoms with Crippen LogP contribution in [0.15, 0.2) is 45.0 Å². The Kier molecular flexibility index (Phi) is 4.95. The van der Waals surface area contributed by atoms with Gasteiger partial charge in [0.2, 0.25) is 5.82 Å². The number of aromatic nitrogens is 2. The number of hydrogen-bond acceptors (Lipinski definition) is 8. The Labute approximate surface area is 155 Å². The molecule has 27 heavy (non-hydrogen) atoms. The second kappa shape index (κ2) is 7.19. The fourth-order valence-corrected chi connectivity index (χ4v) is 3.09. The molecule has 0 aliphatic carbocycles. The summed E-state index contributed by atoms with van der Waals surface area (Å²) in [5.41, 5.74) is 0.677. The van der Waals surface area contributed by atoms with E-state index in [1.807, 2.05) is 0 Å². The number of nitrogens with zero attached hydrogens (tertiary/aromatic N) is 4. The van der Waals surface area contributed by atoms with Crippen LogP contribution < -0.4 is 4.74 Å². The van der Waals surface area contributed by atoms with Crippen LogP contribution in [-0.2, 0) is 26.3 Å². The number of hydrogen-bond donors (Lipinski definition) is 0. The van der Waals surface area contributed by atoms with Gasteiger partial charge in [-0.25, -0.2) is 4.79 Å². The summed E-state index contributed by atoms with van der Waals surface area (Å²) < 4.78 is 43.1. The highest BCUT2D eigenvalue weighted by Gasteiger charge is 2.26. The van der Waals surface area contributed by atoms with E-state index in [9.17, 15) is 13.2 Å². The highest BCUT2D eigenvalue weighted by atomic mass is 32.2. The number of ether oxygens (including phenoxy) is 2. The molecule has 10 nitrogen and oxygen atoms in total. The highest BCUT2D eigenvalue weighted by molar-refractivity contribution is 7.88. The second-order valence-electron chi connectivity index (χ2n) is 5.51. The van der Waals surface area contributed by atoms with Gasteiger partial charge in [0.05, 0.1) is 24.0 Å². The molecule has 0 saturated heterocycles. The van der Waals surface area contributed by atoms with Crippen molar-refractivity contribution in [3.8, 4) is 17.2 Å². The molecule has 0 spiro atoms. The molecule has 1 aromatic heterocycles. The molecule has 0 atom stereocenters. The number of methoxy groups -OCH3 is 1. The summed E-state index contributed by atoms with van der Waals surface area (Å²) in [5, 5.41) is 3.77. The van der Waals surface area contributed by atoms with Gasteiger partial charge in [-0.2, -0.15) is 13.4 Å². The summed E-state index contributed by atoms with van der Waals surface area (Å²) >= 11 is 0. The Morgan fingerprint density at radius 3 is 2.78 bits per heavy atom. The lowest BCUT2D eigenvalue weighted by Gasteiger charge is -2.18. The lowest BCUT2D eigenvalue weighted by Crippen LogP contribution is -2.29. The number of carbonyl (C=O) groups is 1. The Hall–Kier alpha value is -3.21. The van der Waals surface area contributed by atoms with Crippen LogP contribution in [0.4, 0.5) is 0 Å². The van der Waals surface area contributed by atoms with Gasteiger partial charge in [-0.3, -0.25) is 4.31 Å². The molecule has 0 bridgehead atoms. The molecule has 11 heteroatoms. The average Bonchev–Trinajstić information content (AvgIpc) is 3.11. The summed E-state index contributed by atoms with van der Waals surface area (Å²) in [4.78, 5) is 16.4. The predicted octanol–water partition coefficient (Wildman–Crippen LogP) is 1.32. The average molecular weight is 392 g/mol. The van der Waals surface area contributed by atoms with E-state index in [4.69, 9.17) is 14.0 Å². The summed E-state index contributed by atoms with van der Waals surface area (Å²) in [6, 6.07) is 7.11. The molecule has 2 heterocycles. The molecular formula is C16H16N4O6S. The van der Waals surface area contributed by atoms with Gasteiger partial charge < -0.3 is 14.0 Å². The SMILES string of the molecule is COc1ccccc1-c1nc(COC(=O)C2=CN(C)S(=O)(=O)N=C2C)no1. The maximum absolute atomic E-state index is 12.2. The number of para-hydroxylation sites is 1. The largest absolute Gasteiger partial charge is 0.496 e. The van der Waals surface area contributed by atoms with Crippen molar-refractivity contribution in [2.45, 2.75) is 13.5 Å². The van der Waals surface area contributed by atoms with E-state index in [1.165, 1.54) is 21.1 Å². The zero-order valence-electron chi connectivity index (χ0n) is 14.7. The van der Waals surface area contributed by atoms with Crippen LogP contribution in [0.1, 0.15) is 12.7 Å². The molecular weight excluding hydrogens is 376 g/mol. The normalized spacial score (nSPS) is 15.7. The number of esters is 1. The lowest BCUT2D eigenvalue weighted by atomic mass is 10.2. The van der Waals surface area contributed by atoms with E-state index >= 15 is 0 Å². The van der Waals surface area contributed by atoms with Crippen molar-refractivity contribution in [2.24, 2.45) is 4.40 Å². The van der Waals surface area contributed by atoms with E-state index in [-0.39, 0.29) is 29.6 Å². The summed E-state index contributed by atoms with van der Waals surface area (Å²) in [6.07, 6.45) is 1.15. The van der Waals surface area contributed by atoms with E-state index in [0.717, 1.165) is 10.5 Å². The third kappa shape index (κ3) is 3.82. The fourth-order valence-electron chi connectivity index (χ4n) is 2.28. The van der Waals surface area contributed by atoms with Crippen molar-refractivity contribution < 1.29 is 27.2 Å². The van der Waals surface area contributed by atoms with Crippen molar-refractivity contribution in [1.29, 1.82) is 0 Å². The quantitative estimate of drug-likeness (QED) is 0.698. The minimum Gasteiger partial charge on any atom is -0.496 e. The lowest BCUT2D eigenvalue weighted by molar-refractivity contribution is -0.140. The van der Waals surface area contributed by atoms with E-state index in [1.54, 1.807) is 24.3 Å². The predicted molar refractivity (Wildman–Crippen MR) is 94.0 cm³/mol. The molecule has 3 rings (SSSR count). The van der Waals surface area contributed by atoms with Crippen LogP contribution in [0.2, 0.25) is 0 Å². The summed E-state index contributed by atoms with van der Waals surface area (Å²) in [6.45, 7) is 1.16. The first-order valence-corrected chi connectivity index (χ1v) is 9.11. The van der Waals surface area contributed by atoms with Crippen LogP contribution >= 0.6 is 0 Å². The molecule has 2 aromatic rings. The third-order valence-corrected chi connectivity index (χ3v) is 5.01. The second-order valence-corrected chi connectivity index (χ2v) is 7.16. The molecule has 0 amide bonds. The zero-order chi connectivity index (χ0) is 19.6. The molecule has 142 valence electrons. The van der Waals surface area contributed by atoms with Gasteiger partial charge in [0.15, 0.2) is 6.61 Å². The van der Waals surface area contributed by atoms with Gasteiger partial charge >= 0.3 is 16.2 Å². The molecule has 0 unspecified atom stereocenters. The minimum absolute atomic E-state index is 0.0285. The van der Waals surface area contributed by atoms with E-state index in [0.29, 0.717) is 11.3 Å². The maximum Gasteiger partial charge on any atom is 0.344 e. The van der Waals surface area contributed by atoms with Crippen LogP contribution in [0, 0.1) is 0 Å². The van der Waals surface area contributed by atoms with Gasteiger partial charge in [0.1, 0.15) is 5.75 Å². The number of carbonyl (C=O) groups excluding carboxylic acids is 1. The first kappa shape index (κ1) is 18.6. The Balaban J connectivity index is 1.71. The summed E-state index contributed by atoms with van der Waals surface area (Å²) in [7, 11) is -0.993. The molecule has 1 aliphatic heterocycles. The smallest absolute Gasteiger partial charge is 0.344 e. The van der Waals surface area contributed by atoms with Crippen molar-refractivity contribution in [3.63, 3.8) is 0 Å². The maximum atomic E-state index is 12.2. The number of rotatable bonds is 5.